The third kappa shape index (κ3) is 3.13. The van der Waals surface area contributed by atoms with Crippen LogP contribution >= 0.6 is 0 Å². The molecule has 0 spiro atoms. The van der Waals surface area contributed by atoms with Crippen LogP contribution in [0, 0.1) is 6.92 Å². The van der Waals surface area contributed by atoms with Gasteiger partial charge in [0.05, 0.1) is 11.0 Å². The highest BCUT2D eigenvalue weighted by atomic mass is 32.2. The molecule has 6 heteroatoms. The van der Waals surface area contributed by atoms with Gasteiger partial charge in [-0.3, -0.25) is 0 Å². The van der Waals surface area contributed by atoms with E-state index in [1.54, 1.807) is 29.4 Å². The molecule has 0 saturated carbocycles. The van der Waals surface area contributed by atoms with Crippen molar-refractivity contribution in [3.8, 4) is 0 Å². The average Bonchev–Trinajstić information content (AvgIpc) is 2.39. The SMILES string of the molecule is CCOC1CCN(S(=O)(=O)c2ccc(N)cc2C)CC1. The van der Waals surface area contributed by atoms with Gasteiger partial charge >= 0.3 is 0 Å². The molecule has 1 saturated heterocycles. The molecule has 1 heterocycles. The smallest absolute Gasteiger partial charge is 0.243 e. The van der Waals surface area contributed by atoms with Crippen LogP contribution < -0.4 is 5.73 Å². The highest BCUT2D eigenvalue weighted by Gasteiger charge is 2.30. The Morgan fingerprint density at radius 1 is 1.35 bits per heavy atom. The molecule has 0 aliphatic carbocycles. The molecule has 5 nitrogen and oxygen atoms in total. The highest BCUT2D eigenvalue weighted by molar-refractivity contribution is 7.89. The number of ether oxygens (including phenoxy) is 1. The Kier molecular flexibility index (Phi) is 4.67. The first-order valence-corrected chi connectivity index (χ1v) is 8.37. The number of rotatable bonds is 4. The molecule has 0 bridgehead atoms. The van der Waals surface area contributed by atoms with Gasteiger partial charge in [-0.25, -0.2) is 8.42 Å². The zero-order valence-electron chi connectivity index (χ0n) is 12.0. The lowest BCUT2D eigenvalue weighted by atomic mass is 10.1. The molecule has 1 aliphatic heterocycles. The van der Waals surface area contributed by atoms with E-state index < -0.39 is 10.0 Å². The molecule has 1 fully saturated rings. The molecule has 0 radical (unpaired) electrons. The van der Waals surface area contributed by atoms with E-state index in [9.17, 15) is 8.42 Å². The van der Waals surface area contributed by atoms with E-state index in [1.807, 2.05) is 6.92 Å². The van der Waals surface area contributed by atoms with Crippen molar-refractivity contribution >= 4 is 15.7 Å². The Morgan fingerprint density at radius 2 is 2.00 bits per heavy atom. The molecule has 1 aromatic carbocycles. The van der Waals surface area contributed by atoms with E-state index >= 15 is 0 Å². The van der Waals surface area contributed by atoms with Crippen molar-refractivity contribution in [1.29, 1.82) is 0 Å². The van der Waals surface area contributed by atoms with Crippen molar-refractivity contribution in [3.63, 3.8) is 0 Å². The minimum atomic E-state index is -3.43. The van der Waals surface area contributed by atoms with Crippen LogP contribution in [0.5, 0.6) is 0 Å². The monoisotopic (exact) mass is 298 g/mol. The first-order valence-electron chi connectivity index (χ1n) is 6.93. The van der Waals surface area contributed by atoms with E-state index in [2.05, 4.69) is 0 Å². The fourth-order valence-corrected chi connectivity index (χ4v) is 4.25. The van der Waals surface area contributed by atoms with Crippen LogP contribution in [0.3, 0.4) is 0 Å². The lowest BCUT2D eigenvalue weighted by molar-refractivity contribution is 0.0290. The quantitative estimate of drug-likeness (QED) is 0.860. The predicted octanol–water partition coefficient (Wildman–Crippen LogP) is 1.77. The van der Waals surface area contributed by atoms with Gasteiger partial charge in [-0.1, -0.05) is 0 Å². The lowest BCUT2D eigenvalue weighted by Crippen LogP contribution is -2.41. The number of hydrogen-bond acceptors (Lipinski definition) is 4. The fourth-order valence-electron chi connectivity index (χ4n) is 2.58. The molecular formula is C14H22N2O3S. The van der Waals surface area contributed by atoms with Gasteiger partial charge in [0.1, 0.15) is 0 Å². The lowest BCUT2D eigenvalue weighted by Gasteiger charge is -2.31. The highest BCUT2D eigenvalue weighted by Crippen LogP contribution is 2.25. The Morgan fingerprint density at radius 3 is 2.55 bits per heavy atom. The maximum atomic E-state index is 12.6. The van der Waals surface area contributed by atoms with Gasteiger partial charge in [-0.2, -0.15) is 4.31 Å². The first-order chi connectivity index (χ1) is 9.45. The van der Waals surface area contributed by atoms with Gasteiger partial charge in [0.25, 0.3) is 0 Å². The predicted molar refractivity (Wildman–Crippen MR) is 79.0 cm³/mol. The van der Waals surface area contributed by atoms with Crippen LogP contribution in [0.4, 0.5) is 5.69 Å². The number of nitrogen functional groups attached to an aromatic ring is 1. The van der Waals surface area contributed by atoms with Gasteiger partial charge in [0.2, 0.25) is 10.0 Å². The molecule has 1 aromatic rings. The van der Waals surface area contributed by atoms with E-state index in [1.165, 1.54) is 0 Å². The summed E-state index contributed by atoms with van der Waals surface area (Å²) in [6.45, 7) is 5.43. The van der Waals surface area contributed by atoms with Crippen molar-refractivity contribution in [2.45, 2.75) is 37.7 Å². The van der Waals surface area contributed by atoms with Crippen molar-refractivity contribution < 1.29 is 13.2 Å². The molecule has 112 valence electrons. The van der Waals surface area contributed by atoms with Crippen molar-refractivity contribution in [3.05, 3.63) is 23.8 Å². The average molecular weight is 298 g/mol. The summed E-state index contributed by atoms with van der Waals surface area (Å²) in [6, 6.07) is 4.92. The molecule has 0 unspecified atom stereocenters. The van der Waals surface area contributed by atoms with Crippen LogP contribution in [-0.4, -0.2) is 38.5 Å². The number of nitrogens with two attached hydrogens (primary N) is 1. The molecule has 1 aliphatic rings. The molecule has 0 amide bonds. The second-order valence-electron chi connectivity index (χ2n) is 5.08. The molecule has 0 aromatic heterocycles. The van der Waals surface area contributed by atoms with Crippen LogP contribution in [0.2, 0.25) is 0 Å². The van der Waals surface area contributed by atoms with Gasteiger partial charge in [-0.05, 0) is 50.5 Å². The van der Waals surface area contributed by atoms with Gasteiger partial charge < -0.3 is 10.5 Å². The summed E-state index contributed by atoms with van der Waals surface area (Å²) in [6.07, 6.45) is 1.68. The second-order valence-corrected chi connectivity index (χ2v) is 6.99. The van der Waals surface area contributed by atoms with E-state index in [4.69, 9.17) is 10.5 Å². The van der Waals surface area contributed by atoms with Crippen molar-refractivity contribution in [2.24, 2.45) is 0 Å². The summed E-state index contributed by atoms with van der Waals surface area (Å²) in [5.41, 5.74) is 6.95. The minimum absolute atomic E-state index is 0.180. The summed E-state index contributed by atoms with van der Waals surface area (Å²) in [7, 11) is -3.43. The Hall–Kier alpha value is -1.11. The maximum absolute atomic E-state index is 12.6. The molecule has 20 heavy (non-hydrogen) atoms. The van der Waals surface area contributed by atoms with Gasteiger partial charge in [0.15, 0.2) is 0 Å². The summed E-state index contributed by atoms with van der Waals surface area (Å²) in [5, 5.41) is 0. The third-order valence-corrected chi connectivity index (χ3v) is 5.68. The zero-order chi connectivity index (χ0) is 14.8. The van der Waals surface area contributed by atoms with E-state index in [-0.39, 0.29) is 6.10 Å². The maximum Gasteiger partial charge on any atom is 0.243 e. The van der Waals surface area contributed by atoms with Crippen LogP contribution in [0.1, 0.15) is 25.3 Å². The largest absolute Gasteiger partial charge is 0.399 e. The molecule has 0 atom stereocenters. The van der Waals surface area contributed by atoms with E-state index in [0.29, 0.717) is 35.8 Å². The Labute approximate surface area is 120 Å². The minimum Gasteiger partial charge on any atom is -0.399 e. The van der Waals surface area contributed by atoms with Crippen LogP contribution in [0.25, 0.3) is 0 Å². The number of aryl methyl sites for hydroxylation is 1. The van der Waals surface area contributed by atoms with Crippen molar-refractivity contribution in [2.75, 3.05) is 25.4 Å². The Bertz CT molecular complexity index is 564. The number of sulfonamides is 1. The molecule has 2 rings (SSSR count). The normalized spacial score (nSPS) is 18.3. The zero-order valence-corrected chi connectivity index (χ0v) is 12.8. The first kappa shape index (κ1) is 15.3. The summed E-state index contributed by atoms with van der Waals surface area (Å²) >= 11 is 0. The number of benzene rings is 1. The van der Waals surface area contributed by atoms with Crippen LogP contribution in [-0.2, 0) is 14.8 Å². The Balaban J connectivity index is 2.15. The topological polar surface area (TPSA) is 72.6 Å². The second kappa shape index (κ2) is 6.11. The van der Waals surface area contributed by atoms with Gasteiger partial charge in [-0.15, -0.1) is 0 Å². The molecule has 2 N–H and O–H groups in total. The number of anilines is 1. The standard InChI is InChI=1S/C14H22N2O3S/c1-3-19-13-6-8-16(9-7-13)20(17,18)14-5-4-12(15)10-11(14)2/h4-5,10,13H,3,6-9,15H2,1-2H3. The fraction of sp³-hybridized carbons (Fsp3) is 0.571. The summed E-state index contributed by atoms with van der Waals surface area (Å²) in [4.78, 5) is 0.349. The van der Waals surface area contributed by atoms with Gasteiger partial charge in [0, 0.05) is 25.4 Å². The number of piperidine rings is 1. The van der Waals surface area contributed by atoms with E-state index in [0.717, 1.165) is 12.8 Å². The summed E-state index contributed by atoms with van der Waals surface area (Å²) < 4.78 is 32.4. The summed E-state index contributed by atoms with van der Waals surface area (Å²) in [5.74, 6) is 0. The van der Waals surface area contributed by atoms with Crippen LogP contribution in [0.15, 0.2) is 23.1 Å². The number of hydrogen-bond donors (Lipinski definition) is 1. The number of nitrogens with zero attached hydrogens (tertiary/aromatic N) is 1. The van der Waals surface area contributed by atoms with Crippen molar-refractivity contribution in [1.82, 2.24) is 4.31 Å². The molecular weight excluding hydrogens is 276 g/mol. The third-order valence-electron chi connectivity index (χ3n) is 3.62.